The Bertz CT molecular complexity index is 1370. The maximum Gasteiger partial charge on any atom is 0.300 e. The molecule has 1 saturated heterocycles. The number of hydrogen-bond acceptors (Lipinski definition) is 5. The zero-order valence-electron chi connectivity index (χ0n) is 23.7. The Morgan fingerprint density at radius 2 is 1.59 bits per heavy atom. The Hall–Kier alpha value is -4.06. The highest BCUT2D eigenvalue weighted by molar-refractivity contribution is 6.51. The Balaban J connectivity index is 1.84. The maximum atomic E-state index is 13.5. The number of carbonyl (C=O) groups excluding carboxylic acids is 2. The molecular weight excluding hydrogens is 488 g/mol. The van der Waals surface area contributed by atoms with Crippen molar-refractivity contribution in [3.8, 4) is 5.75 Å². The van der Waals surface area contributed by atoms with Crippen molar-refractivity contribution in [2.24, 2.45) is 5.92 Å². The molecule has 6 nitrogen and oxygen atoms in total. The molecule has 0 spiro atoms. The van der Waals surface area contributed by atoms with Crippen LogP contribution in [0, 0.1) is 19.8 Å². The largest absolute Gasteiger partial charge is 0.507 e. The van der Waals surface area contributed by atoms with Gasteiger partial charge in [0, 0.05) is 30.0 Å². The highest BCUT2D eigenvalue weighted by atomic mass is 16.5. The molecule has 6 heteroatoms. The third kappa shape index (κ3) is 5.70. The summed E-state index contributed by atoms with van der Waals surface area (Å²) in [5.74, 6) is -0.496. The van der Waals surface area contributed by atoms with Crippen LogP contribution in [0.1, 0.15) is 56.0 Å². The molecule has 0 bridgehead atoms. The van der Waals surface area contributed by atoms with E-state index in [0.717, 1.165) is 35.5 Å². The van der Waals surface area contributed by atoms with Crippen LogP contribution in [0.3, 0.4) is 0 Å². The highest BCUT2D eigenvalue weighted by Crippen LogP contribution is 2.43. The summed E-state index contributed by atoms with van der Waals surface area (Å²) >= 11 is 0. The molecule has 3 aromatic carbocycles. The predicted octanol–water partition coefficient (Wildman–Crippen LogP) is 6.81. The van der Waals surface area contributed by atoms with E-state index in [-0.39, 0.29) is 11.3 Å². The monoisotopic (exact) mass is 526 g/mol. The summed E-state index contributed by atoms with van der Waals surface area (Å²) in [5.41, 5.74) is 4.94. The van der Waals surface area contributed by atoms with E-state index < -0.39 is 17.7 Å². The zero-order chi connectivity index (χ0) is 28.3. The van der Waals surface area contributed by atoms with Crippen LogP contribution in [0.4, 0.5) is 11.4 Å². The van der Waals surface area contributed by atoms with Gasteiger partial charge in [-0.15, -0.1) is 0 Å². The molecule has 1 fully saturated rings. The normalized spacial score (nSPS) is 16.7. The molecule has 1 aliphatic rings. The minimum atomic E-state index is -0.769. The molecular formula is C33H38N2O4. The van der Waals surface area contributed by atoms with Gasteiger partial charge in [0.2, 0.25) is 0 Å². The van der Waals surface area contributed by atoms with Gasteiger partial charge in [-0.3, -0.25) is 14.5 Å². The maximum absolute atomic E-state index is 13.5. The highest BCUT2D eigenvalue weighted by Gasteiger charge is 2.47. The molecule has 39 heavy (non-hydrogen) atoms. The molecule has 0 aromatic heterocycles. The van der Waals surface area contributed by atoms with Gasteiger partial charge >= 0.3 is 0 Å². The van der Waals surface area contributed by atoms with E-state index >= 15 is 0 Å². The molecule has 3 aromatic rings. The van der Waals surface area contributed by atoms with Crippen molar-refractivity contribution in [3.63, 3.8) is 0 Å². The van der Waals surface area contributed by atoms with E-state index in [2.05, 4.69) is 32.6 Å². The molecule has 0 saturated carbocycles. The molecule has 1 atom stereocenters. The van der Waals surface area contributed by atoms with Crippen LogP contribution in [-0.2, 0) is 9.59 Å². The number of aryl methyl sites for hydroxylation is 2. The van der Waals surface area contributed by atoms with E-state index in [1.807, 2.05) is 56.3 Å². The summed E-state index contributed by atoms with van der Waals surface area (Å²) in [6.07, 6.45) is 0. The first-order valence-electron chi connectivity index (χ1n) is 13.6. The minimum absolute atomic E-state index is 0.0754. The average Bonchev–Trinajstić information content (AvgIpc) is 3.18. The quantitative estimate of drug-likeness (QED) is 0.188. The van der Waals surface area contributed by atoms with Crippen LogP contribution >= 0.6 is 0 Å². The molecule has 0 aliphatic carbocycles. The summed E-state index contributed by atoms with van der Waals surface area (Å²) in [5, 5.41) is 11.5. The van der Waals surface area contributed by atoms with Crippen LogP contribution in [0.15, 0.2) is 72.3 Å². The molecule has 1 aliphatic heterocycles. The van der Waals surface area contributed by atoms with Gasteiger partial charge in [0.05, 0.1) is 18.2 Å². The van der Waals surface area contributed by atoms with Crippen molar-refractivity contribution in [2.75, 3.05) is 29.5 Å². The van der Waals surface area contributed by atoms with Crippen LogP contribution < -0.4 is 14.5 Å². The number of carbonyl (C=O) groups is 2. The summed E-state index contributed by atoms with van der Waals surface area (Å²) in [6.45, 7) is 14.6. The second-order valence-electron chi connectivity index (χ2n) is 10.5. The van der Waals surface area contributed by atoms with Crippen molar-refractivity contribution < 1.29 is 19.4 Å². The topological polar surface area (TPSA) is 70.1 Å². The second-order valence-corrected chi connectivity index (χ2v) is 10.5. The summed E-state index contributed by atoms with van der Waals surface area (Å²) in [4.78, 5) is 30.8. The fourth-order valence-corrected chi connectivity index (χ4v) is 5.06. The summed E-state index contributed by atoms with van der Waals surface area (Å²) in [7, 11) is 0. The Morgan fingerprint density at radius 3 is 2.15 bits per heavy atom. The predicted molar refractivity (Wildman–Crippen MR) is 157 cm³/mol. The Morgan fingerprint density at radius 1 is 0.949 bits per heavy atom. The van der Waals surface area contributed by atoms with Crippen LogP contribution in [0.2, 0.25) is 0 Å². The molecule has 1 heterocycles. The third-order valence-corrected chi connectivity index (χ3v) is 7.10. The van der Waals surface area contributed by atoms with E-state index in [0.29, 0.717) is 29.5 Å². The average molecular weight is 527 g/mol. The van der Waals surface area contributed by atoms with Crippen LogP contribution in [0.25, 0.3) is 5.76 Å². The van der Waals surface area contributed by atoms with Crippen molar-refractivity contribution in [1.82, 2.24) is 0 Å². The Labute approximate surface area is 231 Å². The van der Waals surface area contributed by atoms with Gasteiger partial charge < -0.3 is 14.7 Å². The lowest BCUT2D eigenvalue weighted by Crippen LogP contribution is -2.30. The number of hydrogen-bond donors (Lipinski definition) is 1. The number of ketones is 1. The SMILES string of the molecule is CCN(CC)c1ccc(C2/C(=C(\O)c3ccc(OCC(C)C)cc3)C(=O)C(=O)N2c2ccc(C)cc2C)cc1. The van der Waals surface area contributed by atoms with E-state index in [1.54, 1.807) is 24.3 Å². The smallest absolute Gasteiger partial charge is 0.300 e. The molecule has 1 N–H and O–H groups in total. The second kappa shape index (κ2) is 11.8. The van der Waals surface area contributed by atoms with Gasteiger partial charge in [0.25, 0.3) is 11.7 Å². The number of aliphatic hydroxyl groups is 1. The molecule has 0 radical (unpaired) electrons. The summed E-state index contributed by atoms with van der Waals surface area (Å²) < 4.78 is 5.77. The number of anilines is 2. The number of Topliss-reactive ketones (excluding diaryl/α,β-unsaturated/α-hetero) is 1. The van der Waals surface area contributed by atoms with Gasteiger partial charge in [-0.2, -0.15) is 0 Å². The first kappa shape index (κ1) is 28.0. The van der Waals surface area contributed by atoms with Gasteiger partial charge in [0.1, 0.15) is 11.5 Å². The molecule has 204 valence electrons. The van der Waals surface area contributed by atoms with Crippen LogP contribution in [-0.4, -0.2) is 36.5 Å². The molecule has 1 amide bonds. The number of aliphatic hydroxyl groups excluding tert-OH is 1. The fraction of sp³-hybridized carbons (Fsp3) is 0.333. The van der Waals surface area contributed by atoms with Gasteiger partial charge in [0.15, 0.2) is 0 Å². The lowest BCUT2D eigenvalue weighted by atomic mass is 9.94. The van der Waals surface area contributed by atoms with Gasteiger partial charge in [-0.05, 0) is 87.2 Å². The van der Waals surface area contributed by atoms with Crippen molar-refractivity contribution >= 4 is 28.8 Å². The lowest BCUT2D eigenvalue weighted by Gasteiger charge is -2.28. The van der Waals surface area contributed by atoms with E-state index in [1.165, 1.54) is 4.90 Å². The standard InChI is InChI=1S/C33H38N2O4/c1-7-34(8-2)26-14-10-24(11-15-26)30-29(31(36)25-12-16-27(17-13-25)39-20-21(3)4)32(37)33(38)35(30)28-18-9-22(5)19-23(28)6/h9-19,21,30,36H,7-8,20H2,1-6H3/b31-29+. The van der Waals surface area contributed by atoms with E-state index in [4.69, 9.17) is 4.74 Å². The first-order chi connectivity index (χ1) is 18.7. The first-order valence-corrected chi connectivity index (χ1v) is 13.6. The minimum Gasteiger partial charge on any atom is -0.507 e. The Kier molecular flexibility index (Phi) is 8.44. The van der Waals surface area contributed by atoms with Gasteiger partial charge in [-0.1, -0.05) is 43.7 Å². The number of ether oxygens (including phenoxy) is 1. The van der Waals surface area contributed by atoms with Crippen LogP contribution in [0.5, 0.6) is 5.75 Å². The van der Waals surface area contributed by atoms with Crippen molar-refractivity contribution in [1.29, 1.82) is 0 Å². The fourth-order valence-electron chi connectivity index (χ4n) is 5.06. The van der Waals surface area contributed by atoms with Gasteiger partial charge in [-0.25, -0.2) is 0 Å². The number of nitrogens with zero attached hydrogens (tertiary/aromatic N) is 2. The molecule has 1 unspecified atom stereocenters. The summed E-state index contributed by atoms with van der Waals surface area (Å²) in [6, 6.07) is 19.9. The third-order valence-electron chi connectivity index (χ3n) is 7.10. The van der Waals surface area contributed by atoms with Crippen molar-refractivity contribution in [2.45, 2.75) is 47.6 Å². The van der Waals surface area contributed by atoms with Crippen molar-refractivity contribution in [3.05, 3.63) is 94.6 Å². The zero-order valence-corrected chi connectivity index (χ0v) is 23.7. The lowest BCUT2D eigenvalue weighted by molar-refractivity contribution is -0.132. The number of rotatable bonds is 9. The van der Waals surface area contributed by atoms with E-state index in [9.17, 15) is 14.7 Å². The number of amides is 1. The number of benzene rings is 3. The molecule has 4 rings (SSSR count).